The largest absolute Gasteiger partial charge is 0.505 e. The highest BCUT2D eigenvalue weighted by Crippen LogP contribution is 2.34. The second kappa shape index (κ2) is 20.0. The van der Waals surface area contributed by atoms with Crippen molar-refractivity contribution >= 4 is 76.1 Å². The molecule has 326 valence electrons. The monoisotopic (exact) mass is 884 g/mol. The van der Waals surface area contributed by atoms with E-state index in [4.69, 9.17) is 27.9 Å². The van der Waals surface area contributed by atoms with Gasteiger partial charge in [0, 0.05) is 42.8 Å². The van der Waals surface area contributed by atoms with E-state index in [0.717, 1.165) is 76.3 Å². The second-order valence-corrected chi connectivity index (χ2v) is 16.8. The molecule has 62 heavy (non-hydrogen) atoms. The van der Waals surface area contributed by atoms with Gasteiger partial charge in [-0.05, 0) is 101 Å². The smallest absolute Gasteiger partial charge is 0.373 e. The van der Waals surface area contributed by atoms with Gasteiger partial charge in [0.2, 0.25) is 0 Å². The number of carbonyl (C=O) groups is 2. The lowest BCUT2D eigenvalue weighted by atomic mass is 9.86. The van der Waals surface area contributed by atoms with Gasteiger partial charge in [0.25, 0.3) is 11.8 Å². The molecule has 2 fully saturated rings. The van der Waals surface area contributed by atoms with Crippen molar-refractivity contribution in [1.29, 1.82) is 0 Å². The molecule has 8 rings (SSSR count). The first kappa shape index (κ1) is 44.4. The van der Waals surface area contributed by atoms with Gasteiger partial charge < -0.3 is 45.4 Å². The van der Waals surface area contributed by atoms with Crippen LogP contribution in [-0.4, -0.2) is 124 Å². The number of fused-ring (bicyclic) bond motifs is 2. The Balaban J connectivity index is 0.000000187. The number of halogens is 2. The summed E-state index contributed by atoms with van der Waals surface area (Å²) in [5.41, 5.74) is 4.70. The number of piperidine rings is 2. The van der Waals surface area contributed by atoms with E-state index in [1.165, 1.54) is 33.8 Å². The van der Waals surface area contributed by atoms with Gasteiger partial charge in [-0.2, -0.15) is 10.2 Å². The number of carbonyl (C=O) groups excluding carboxylic acids is 2. The summed E-state index contributed by atoms with van der Waals surface area (Å²) < 4.78 is 8.04. The molecular weight excluding hydrogens is 834 g/mol. The molecule has 2 aliphatic heterocycles. The van der Waals surface area contributed by atoms with Crippen LogP contribution in [0.1, 0.15) is 46.4 Å². The number of aromatic nitrogens is 6. The van der Waals surface area contributed by atoms with Gasteiger partial charge >= 0.3 is 7.05 Å². The zero-order valence-electron chi connectivity index (χ0n) is 35.1. The van der Waals surface area contributed by atoms with Crippen LogP contribution < -0.4 is 30.4 Å². The Kier molecular flexibility index (Phi) is 14.3. The van der Waals surface area contributed by atoms with E-state index in [-0.39, 0.29) is 17.6 Å². The number of rotatable bonds is 12. The Labute approximate surface area is 370 Å². The molecule has 0 aliphatic carbocycles. The van der Waals surface area contributed by atoms with E-state index >= 15 is 0 Å². The molecule has 20 heteroatoms. The summed E-state index contributed by atoms with van der Waals surface area (Å²) in [7, 11) is 5.26. The lowest BCUT2D eigenvalue weighted by molar-refractivity contribution is 0.102. The highest BCUT2D eigenvalue weighted by atomic mass is 35.5. The Bertz CT molecular complexity index is 2500. The molecule has 6 aromatic rings. The van der Waals surface area contributed by atoms with E-state index < -0.39 is 7.05 Å². The van der Waals surface area contributed by atoms with E-state index in [1.54, 1.807) is 38.5 Å². The first-order valence-electron chi connectivity index (χ1n) is 20.5. The van der Waals surface area contributed by atoms with Crippen LogP contribution in [0.2, 0.25) is 16.9 Å². The van der Waals surface area contributed by atoms with Gasteiger partial charge in [0.15, 0.2) is 22.8 Å². The molecule has 0 saturated carbocycles. The molecule has 2 saturated heterocycles. The van der Waals surface area contributed by atoms with Crippen LogP contribution in [0.4, 0.5) is 22.7 Å². The van der Waals surface area contributed by atoms with E-state index in [2.05, 4.69) is 64.8 Å². The van der Waals surface area contributed by atoms with Crippen molar-refractivity contribution in [3.63, 3.8) is 0 Å². The Morgan fingerprint density at radius 3 is 1.79 bits per heavy atom. The van der Waals surface area contributed by atoms with E-state index in [1.807, 2.05) is 24.3 Å². The van der Waals surface area contributed by atoms with Crippen LogP contribution in [0.15, 0.2) is 73.6 Å². The molecule has 0 radical (unpaired) electrons. The maximum Gasteiger partial charge on any atom is 0.373 e. The summed E-state index contributed by atoms with van der Waals surface area (Å²) in [5, 5.41) is 37.4. The van der Waals surface area contributed by atoms with Crippen molar-refractivity contribution in [2.45, 2.75) is 32.5 Å². The standard InChI is InChI=1S/C21H26BClN6O3.C21H25ClN6O2/c1-22(31)25-10-14-5-7-28(8-6-14)19-4-3-15(23)9-18(19)27-21(30)17-12-26-29-13-16(32-2)11-24-20(17)29;1-26(2)12-14-5-7-27(8-6-14)19-4-3-15(22)9-18(19)25-21(30)17-11-24-28-13-16(29)10-23-20(17)28/h3-4,9,11-14,25,31H,5-8,10H2,1-2H3,(H,27,30);3-4,9-11,13-14,29H,5-8,12H2,1-2H3,(H,25,30). The summed E-state index contributed by atoms with van der Waals surface area (Å²) in [5.74, 6) is 1.09. The molecule has 6 heterocycles. The van der Waals surface area contributed by atoms with Crippen molar-refractivity contribution in [2.75, 3.05) is 80.9 Å². The second-order valence-electron chi connectivity index (χ2n) is 15.9. The molecule has 0 spiro atoms. The normalized spacial score (nSPS) is 14.8. The Morgan fingerprint density at radius 2 is 1.29 bits per heavy atom. The maximum absolute atomic E-state index is 13.1. The number of amides is 2. The molecule has 2 aromatic carbocycles. The number of anilines is 4. The molecule has 5 N–H and O–H groups in total. The molecule has 4 aromatic heterocycles. The highest BCUT2D eigenvalue weighted by molar-refractivity contribution is 6.45. The molecule has 17 nitrogen and oxygen atoms in total. The average molecular weight is 886 g/mol. The fourth-order valence-corrected chi connectivity index (χ4v) is 8.23. The predicted octanol–water partition coefficient (Wildman–Crippen LogP) is 5.68. The van der Waals surface area contributed by atoms with Crippen LogP contribution in [0, 0.1) is 11.8 Å². The van der Waals surface area contributed by atoms with Crippen molar-refractivity contribution in [3.8, 4) is 11.5 Å². The summed E-state index contributed by atoms with van der Waals surface area (Å²) >= 11 is 12.5. The van der Waals surface area contributed by atoms with Crippen LogP contribution in [0.25, 0.3) is 11.3 Å². The minimum Gasteiger partial charge on any atom is -0.505 e. The third-order valence-corrected chi connectivity index (χ3v) is 11.5. The molecule has 0 atom stereocenters. The Hall–Kier alpha value is -5.66. The fraction of sp³-hybridized carbons (Fsp3) is 0.381. The summed E-state index contributed by atoms with van der Waals surface area (Å²) in [6.45, 7) is 7.19. The van der Waals surface area contributed by atoms with E-state index in [9.17, 15) is 19.7 Å². The number of nitrogens with zero attached hydrogens (tertiary/aromatic N) is 9. The molecule has 2 amide bonds. The SMILES string of the molecule is CN(C)CC1CCN(c2ccc(Cl)cc2NC(=O)c2cnn3cc(O)cnc23)CC1.COc1cnc2c(C(=O)Nc3cc(Cl)ccc3N3CCC(CNB(C)O)CC3)cnn2c1. The van der Waals surface area contributed by atoms with E-state index in [0.29, 0.717) is 61.4 Å². The van der Waals surface area contributed by atoms with Crippen LogP contribution in [0.5, 0.6) is 11.5 Å². The fourth-order valence-electron chi connectivity index (χ4n) is 7.88. The number of ether oxygens (including phenoxy) is 1. The minimum absolute atomic E-state index is 0.0210. The van der Waals surface area contributed by atoms with Gasteiger partial charge in [-0.3, -0.25) is 9.59 Å². The average Bonchev–Trinajstić information content (AvgIpc) is 3.88. The number of nitrogens with one attached hydrogen (secondary N) is 3. The number of hydrogen-bond acceptors (Lipinski definition) is 13. The molecular formula is C42H51BCl2N12O5. The third kappa shape index (κ3) is 10.9. The zero-order chi connectivity index (χ0) is 43.9. The van der Waals surface area contributed by atoms with Crippen LogP contribution in [0.3, 0.4) is 0 Å². The maximum atomic E-state index is 13.1. The third-order valence-electron chi connectivity index (χ3n) is 11.0. The number of aromatic hydroxyl groups is 1. The van der Waals surface area contributed by atoms with Crippen molar-refractivity contribution < 1.29 is 24.5 Å². The first-order chi connectivity index (χ1) is 29.8. The van der Waals surface area contributed by atoms with Gasteiger partial charge in [-0.25, -0.2) is 19.0 Å². The Morgan fingerprint density at radius 1 is 0.790 bits per heavy atom. The van der Waals surface area contributed by atoms with Gasteiger partial charge in [-0.1, -0.05) is 23.2 Å². The zero-order valence-corrected chi connectivity index (χ0v) is 36.6. The summed E-state index contributed by atoms with van der Waals surface area (Å²) in [6.07, 6.45) is 13.0. The highest BCUT2D eigenvalue weighted by Gasteiger charge is 2.25. The summed E-state index contributed by atoms with van der Waals surface area (Å²) in [6, 6.07) is 11.1. The van der Waals surface area contributed by atoms with Crippen molar-refractivity contribution in [3.05, 3.63) is 94.8 Å². The molecule has 0 unspecified atom stereocenters. The summed E-state index contributed by atoms with van der Waals surface area (Å²) in [4.78, 5) is 41.2. The van der Waals surface area contributed by atoms with Gasteiger partial charge in [0.1, 0.15) is 11.1 Å². The topological polar surface area (TPSA) is 190 Å². The number of methoxy groups -OCH3 is 1. The minimum atomic E-state index is -0.499. The van der Waals surface area contributed by atoms with Crippen molar-refractivity contribution in [1.82, 2.24) is 39.3 Å². The first-order valence-corrected chi connectivity index (χ1v) is 21.3. The van der Waals surface area contributed by atoms with Crippen molar-refractivity contribution in [2.24, 2.45) is 11.8 Å². The number of benzene rings is 2. The van der Waals surface area contributed by atoms with Crippen LogP contribution in [-0.2, 0) is 0 Å². The molecule has 2 aliphatic rings. The molecule has 0 bridgehead atoms. The predicted molar refractivity (Wildman–Crippen MR) is 243 cm³/mol. The van der Waals surface area contributed by atoms with Gasteiger partial charge in [-0.15, -0.1) is 0 Å². The lowest BCUT2D eigenvalue weighted by Crippen LogP contribution is -2.41. The quantitative estimate of drug-likeness (QED) is 0.0946. The van der Waals surface area contributed by atoms with Gasteiger partial charge in [0.05, 0.1) is 67.0 Å². The van der Waals surface area contributed by atoms with Crippen LogP contribution >= 0.6 is 23.2 Å². The number of hydrogen-bond donors (Lipinski definition) is 5. The lowest BCUT2D eigenvalue weighted by Gasteiger charge is -2.35.